The summed E-state index contributed by atoms with van der Waals surface area (Å²) in [6.45, 7) is 5.94. The van der Waals surface area contributed by atoms with Gasteiger partial charge in [-0.3, -0.25) is 0 Å². The van der Waals surface area contributed by atoms with E-state index in [2.05, 4.69) is 15.3 Å². The molecule has 94 valence electrons. The van der Waals surface area contributed by atoms with Gasteiger partial charge in [0.1, 0.15) is 5.82 Å². The Morgan fingerprint density at radius 1 is 0.944 bits per heavy atom. The molecule has 0 aliphatic heterocycles. The van der Waals surface area contributed by atoms with Crippen molar-refractivity contribution in [1.82, 2.24) is 9.97 Å². The van der Waals surface area contributed by atoms with Gasteiger partial charge in [0.05, 0.1) is 11.4 Å². The number of nitrogens with two attached hydrogens (primary N) is 2. The Kier molecular flexibility index (Phi) is 3.06. The molecule has 0 radical (unpaired) electrons. The Morgan fingerprint density at radius 2 is 1.61 bits per heavy atom. The molecular weight excluding hydrogens is 226 g/mol. The quantitative estimate of drug-likeness (QED) is 0.704. The minimum absolute atomic E-state index is 0.250. The van der Waals surface area contributed by atoms with Crippen LogP contribution in [0.5, 0.6) is 0 Å². The highest BCUT2D eigenvalue weighted by atomic mass is 15.1. The van der Waals surface area contributed by atoms with E-state index in [1.807, 2.05) is 39.0 Å². The van der Waals surface area contributed by atoms with E-state index in [9.17, 15) is 0 Å². The number of hydrogen-bond donors (Lipinski definition) is 3. The highest BCUT2D eigenvalue weighted by molar-refractivity contribution is 5.73. The van der Waals surface area contributed by atoms with Crippen LogP contribution in [0.15, 0.2) is 18.2 Å². The lowest BCUT2D eigenvalue weighted by Crippen LogP contribution is -2.03. The van der Waals surface area contributed by atoms with E-state index in [0.717, 1.165) is 16.9 Å². The zero-order valence-corrected chi connectivity index (χ0v) is 10.8. The number of nitrogen functional groups attached to an aromatic ring is 2. The molecule has 18 heavy (non-hydrogen) atoms. The van der Waals surface area contributed by atoms with Crippen molar-refractivity contribution < 1.29 is 0 Å². The Bertz CT molecular complexity index is 572. The molecule has 1 aromatic heterocycles. The molecule has 0 fully saturated rings. The second kappa shape index (κ2) is 4.52. The molecule has 1 aromatic carbocycles. The standard InChI is InChI=1S/C13H17N5/c1-7-4-10(14)11(5-8(7)2)17-12-6-9(3)16-13(15)18-12/h4-6H,14H2,1-3H3,(H3,15,16,17,18). The lowest BCUT2D eigenvalue weighted by Gasteiger charge is -2.12. The van der Waals surface area contributed by atoms with Crippen LogP contribution in [-0.2, 0) is 0 Å². The van der Waals surface area contributed by atoms with Crippen LogP contribution >= 0.6 is 0 Å². The van der Waals surface area contributed by atoms with Crippen molar-refractivity contribution >= 4 is 23.1 Å². The summed E-state index contributed by atoms with van der Waals surface area (Å²) in [4.78, 5) is 8.15. The summed E-state index contributed by atoms with van der Waals surface area (Å²) < 4.78 is 0. The first-order valence-electron chi connectivity index (χ1n) is 5.70. The molecule has 5 N–H and O–H groups in total. The maximum Gasteiger partial charge on any atom is 0.222 e. The molecule has 0 saturated carbocycles. The summed E-state index contributed by atoms with van der Waals surface area (Å²) in [5.41, 5.74) is 16.3. The van der Waals surface area contributed by atoms with Gasteiger partial charge in [-0.15, -0.1) is 0 Å². The smallest absolute Gasteiger partial charge is 0.222 e. The van der Waals surface area contributed by atoms with Gasteiger partial charge in [0.25, 0.3) is 0 Å². The number of benzene rings is 1. The summed E-state index contributed by atoms with van der Waals surface area (Å²) in [6.07, 6.45) is 0. The van der Waals surface area contributed by atoms with E-state index < -0.39 is 0 Å². The summed E-state index contributed by atoms with van der Waals surface area (Å²) in [6, 6.07) is 5.76. The molecule has 5 heteroatoms. The van der Waals surface area contributed by atoms with E-state index in [0.29, 0.717) is 11.5 Å². The van der Waals surface area contributed by atoms with Crippen molar-refractivity contribution in [2.45, 2.75) is 20.8 Å². The molecule has 0 bridgehead atoms. The molecule has 2 aromatic rings. The monoisotopic (exact) mass is 243 g/mol. The molecule has 1 heterocycles. The van der Waals surface area contributed by atoms with Gasteiger partial charge in [0.15, 0.2) is 0 Å². The number of aromatic nitrogens is 2. The zero-order valence-electron chi connectivity index (χ0n) is 10.8. The van der Waals surface area contributed by atoms with Gasteiger partial charge < -0.3 is 16.8 Å². The second-order valence-corrected chi connectivity index (χ2v) is 4.40. The van der Waals surface area contributed by atoms with Gasteiger partial charge in [0, 0.05) is 11.8 Å². The number of anilines is 4. The van der Waals surface area contributed by atoms with Crippen LogP contribution in [0, 0.1) is 20.8 Å². The van der Waals surface area contributed by atoms with Crippen LogP contribution in [0.2, 0.25) is 0 Å². The first-order chi connectivity index (χ1) is 8.45. The second-order valence-electron chi connectivity index (χ2n) is 4.40. The fraction of sp³-hybridized carbons (Fsp3) is 0.231. The Balaban J connectivity index is 2.36. The predicted octanol–water partition coefficient (Wildman–Crippen LogP) is 2.31. The first-order valence-corrected chi connectivity index (χ1v) is 5.70. The van der Waals surface area contributed by atoms with Gasteiger partial charge >= 0.3 is 0 Å². The molecule has 0 saturated heterocycles. The third-order valence-electron chi connectivity index (χ3n) is 2.80. The van der Waals surface area contributed by atoms with Crippen molar-refractivity contribution in [3.63, 3.8) is 0 Å². The number of nitrogens with one attached hydrogen (secondary N) is 1. The van der Waals surface area contributed by atoms with E-state index in [1.165, 1.54) is 5.56 Å². The summed E-state index contributed by atoms with van der Waals surface area (Å²) in [7, 11) is 0. The molecule has 0 atom stereocenters. The zero-order chi connectivity index (χ0) is 13.3. The summed E-state index contributed by atoms with van der Waals surface area (Å²) in [5, 5.41) is 3.17. The maximum atomic E-state index is 5.98. The lowest BCUT2D eigenvalue weighted by molar-refractivity contribution is 1.12. The minimum atomic E-state index is 0.250. The number of nitrogens with zero attached hydrogens (tertiary/aromatic N) is 2. The number of hydrogen-bond acceptors (Lipinski definition) is 5. The van der Waals surface area contributed by atoms with E-state index in [1.54, 1.807) is 0 Å². The largest absolute Gasteiger partial charge is 0.397 e. The van der Waals surface area contributed by atoms with E-state index >= 15 is 0 Å². The van der Waals surface area contributed by atoms with Gasteiger partial charge in [-0.05, 0) is 44.0 Å². The summed E-state index contributed by atoms with van der Waals surface area (Å²) in [5.74, 6) is 0.898. The topological polar surface area (TPSA) is 89.8 Å². The highest BCUT2D eigenvalue weighted by Gasteiger charge is 2.05. The van der Waals surface area contributed by atoms with Crippen LogP contribution in [0.25, 0.3) is 0 Å². The van der Waals surface area contributed by atoms with Gasteiger partial charge in [0.2, 0.25) is 5.95 Å². The van der Waals surface area contributed by atoms with Crippen molar-refractivity contribution in [1.29, 1.82) is 0 Å². The Hall–Kier alpha value is -2.30. The fourth-order valence-corrected chi connectivity index (χ4v) is 1.74. The van der Waals surface area contributed by atoms with Crippen LogP contribution < -0.4 is 16.8 Å². The molecular formula is C13H17N5. The summed E-state index contributed by atoms with van der Waals surface area (Å²) >= 11 is 0. The van der Waals surface area contributed by atoms with Gasteiger partial charge in [-0.25, -0.2) is 4.98 Å². The highest BCUT2D eigenvalue weighted by Crippen LogP contribution is 2.26. The van der Waals surface area contributed by atoms with Crippen LogP contribution in [0.1, 0.15) is 16.8 Å². The van der Waals surface area contributed by atoms with Crippen molar-refractivity contribution in [3.8, 4) is 0 Å². The van der Waals surface area contributed by atoms with Crippen molar-refractivity contribution in [2.24, 2.45) is 0 Å². The Labute approximate surface area is 106 Å². The van der Waals surface area contributed by atoms with Crippen molar-refractivity contribution in [2.75, 3.05) is 16.8 Å². The maximum absolute atomic E-state index is 5.98. The average Bonchev–Trinajstić information content (AvgIpc) is 2.24. The van der Waals surface area contributed by atoms with E-state index in [4.69, 9.17) is 11.5 Å². The SMILES string of the molecule is Cc1cc(Nc2cc(C)c(C)cc2N)nc(N)n1. The van der Waals surface area contributed by atoms with E-state index in [-0.39, 0.29) is 5.95 Å². The van der Waals surface area contributed by atoms with Crippen LogP contribution in [0.4, 0.5) is 23.1 Å². The van der Waals surface area contributed by atoms with Crippen molar-refractivity contribution in [3.05, 3.63) is 35.0 Å². The predicted molar refractivity (Wildman–Crippen MR) is 74.8 cm³/mol. The van der Waals surface area contributed by atoms with Crippen LogP contribution in [0.3, 0.4) is 0 Å². The third kappa shape index (κ3) is 2.51. The molecule has 0 aliphatic rings. The number of aryl methyl sites for hydroxylation is 3. The van der Waals surface area contributed by atoms with Gasteiger partial charge in [-0.2, -0.15) is 4.98 Å². The van der Waals surface area contributed by atoms with Gasteiger partial charge in [-0.1, -0.05) is 0 Å². The normalized spacial score (nSPS) is 10.4. The minimum Gasteiger partial charge on any atom is -0.397 e. The molecule has 0 unspecified atom stereocenters. The number of rotatable bonds is 2. The Morgan fingerprint density at radius 3 is 2.28 bits per heavy atom. The molecule has 2 rings (SSSR count). The molecule has 0 aliphatic carbocycles. The van der Waals surface area contributed by atoms with Crippen LogP contribution in [-0.4, -0.2) is 9.97 Å². The average molecular weight is 243 g/mol. The fourth-order valence-electron chi connectivity index (χ4n) is 1.74. The first kappa shape index (κ1) is 12.2. The lowest BCUT2D eigenvalue weighted by atomic mass is 10.1. The third-order valence-corrected chi connectivity index (χ3v) is 2.80. The molecule has 5 nitrogen and oxygen atoms in total. The molecule has 0 spiro atoms. The molecule has 0 amide bonds.